The van der Waals surface area contributed by atoms with Crippen molar-refractivity contribution in [2.45, 2.75) is 17.8 Å². The predicted molar refractivity (Wildman–Crippen MR) is 135 cm³/mol. The average Bonchev–Trinajstić information content (AvgIpc) is 2.87. The molecule has 0 bridgehead atoms. The highest BCUT2D eigenvalue weighted by Gasteiger charge is 2.16. The lowest BCUT2D eigenvalue weighted by molar-refractivity contribution is 0.0601. The van der Waals surface area contributed by atoms with Crippen LogP contribution in [0.25, 0.3) is 27.5 Å². The van der Waals surface area contributed by atoms with Crippen molar-refractivity contribution in [2.75, 3.05) is 7.11 Å². The molecule has 0 saturated heterocycles. The summed E-state index contributed by atoms with van der Waals surface area (Å²) in [5, 5.41) is 1.37. The van der Waals surface area contributed by atoms with E-state index in [1.165, 1.54) is 31.0 Å². The first-order valence-electron chi connectivity index (χ1n) is 10.8. The third-order valence-electron chi connectivity index (χ3n) is 5.62. The Kier molecular flexibility index (Phi) is 5.92. The second-order valence-electron chi connectivity index (χ2n) is 7.86. The first-order valence-corrected chi connectivity index (χ1v) is 11.8. The molecule has 0 aliphatic carbocycles. The van der Waals surface area contributed by atoms with Gasteiger partial charge in [-0.2, -0.15) is 0 Å². The first kappa shape index (κ1) is 22.5. The molecule has 1 N–H and O–H groups in total. The summed E-state index contributed by atoms with van der Waals surface area (Å²) < 4.78 is 6.36. The number of thioether (sulfide) groups is 1. The van der Waals surface area contributed by atoms with Crippen molar-refractivity contribution in [1.29, 1.82) is 0 Å². The number of ether oxygens (including phenoxy) is 1. The molecule has 0 fully saturated rings. The molecule has 0 spiro atoms. The standard InChI is InChI=1S/C26H20N4O4S/c1-15-7-3-6-10-21(15)30-24(32)18-8-4-5-9-19(18)28-26(30)35-14-22-27-20-13-16(25(33)34-2)11-12-17(20)23(31)29-22/h3-13H,14H2,1-2H3,(H,27,29,31). The van der Waals surface area contributed by atoms with Gasteiger partial charge in [-0.1, -0.05) is 42.1 Å². The molecule has 5 rings (SSSR count). The number of methoxy groups -OCH3 is 1. The molecule has 0 amide bonds. The van der Waals surface area contributed by atoms with E-state index in [2.05, 4.69) is 9.97 Å². The summed E-state index contributed by atoms with van der Waals surface area (Å²) in [6, 6.07) is 19.4. The normalized spacial score (nSPS) is 11.1. The van der Waals surface area contributed by atoms with Crippen molar-refractivity contribution in [3.8, 4) is 5.69 Å². The number of carbonyl (C=O) groups is 1. The second-order valence-corrected chi connectivity index (χ2v) is 8.81. The zero-order valence-electron chi connectivity index (χ0n) is 18.9. The zero-order chi connectivity index (χ0) is 24.5. The van der Waals surface area contributed by atoms with E-state index < -0.39 is 5.97 Å². The first-order chi connectivity index (χ1) is 17.0. The van der Waals surface area contributed by atoms with Crippen molar-refractivity contribution < 1.29 is 9.53 Å². The number of fused-ring (bicyclic) bond motifs is 2. The molecular weight excluding hydrogens is 464 g/mol. The van der Waals surface area contributed by atoms with E-state index in [1.54, 1.807) is 22.8 Å². The molecule has 8 nitrogen and oxygen atoms in total. The third kappa shape index (κ3) is 4.22. The zero-order valence-corrected chi connectivity index (χ0v) is 19.8. The predicted octanol–water partition coefficient (Wildman–Crippen LogP) is 4.01. The molecule has 0 aliphatic heterocycles. The fraction of sp³-hybridized carbons (Fsp3) is 0.115. The van der Waals surface area contributed by atoms with Gasteiger partial charge < -0.3 is 9.72 Å². The molecule has 0 atom stereocenters. The summed E-state index contributed by atoms with van der Waals surface area (Å²) in [5.74, 6) is 0.144. The maximum Gasteiger partial charge on any atom is 0.337 e. The third-order valence-corrected chi connectivity index (χ3v) is 6.57. The van der Waals surface area contributed by atoms with Crippen molar-refractivity contribution in [3.63, 3.8) is 0 Å². The van der Waals surface area contributed by atoms with Crippen LogP contribution in [0, 0.1) is 6.92 Å². The van der Waals surface area contributed by atoms with Gasteiger partial charge in [0.05, 0.1) is 45.9 Å². The number of esters is 1. The van der Waals surface area contributed by atoms with E-state index in [9.17, 15) is 14.4 Å². The van der Waals surface area contributed by atoms with E-state index >= 15 is 0 Å². The molecular formula is C26H20N4O4S. The number of rotatable bonds is 5. The monoisotopic (exact) mass is 484 g/mol. The van der Waals surface area contributed by atoms with Crippen LogP contribution in [0.2, 0.25) is 0 Å². The van der Waals surface area contributed by atoms with Gasteiger partial charge in [-0.3, -0.25) is 14.2 Å². The number of aryl methyl sites for hydroxylation is 1. The van der Waals surface area contributed by atoms with Gasteiger partial charge in [0, 0.05) is 0 Å². The number of H-pyrrole nitrogens is 1. The summed E-state index contributed by atoms with van der Waals surface area (Å²) in [4.78, 5) is 50.1. The summed E-state index contributed by atoms with van der Waals surface area (Å²) in [6.45, 7) is 1.94. The summed E-state index contributed by atoms with van der Waals surface area (Å²) in [5.41, 5.74) is 2.46. The maximum atomic E-state index is 13.5. The van der Waals surface area contributed by atoms with Crippen LogP contribution >= 0.6 is 11.8 Å². The lowest BCUT2D eigenvalue weighted by atomic mass is 10.1. The Balaban J connectivity index is 1.59. The Bertz CT molecular complexity index is 1730. The number of nitrogens with zero attached hydrogens (tertiary/aromatic N) is 3. The highest BCUT2D eigenvalue weighted by Crippen LogP contribution is 2.25. The molecule has 0 unspecified atom stereocenters. The number of hydrogen-bond acceptors (Lipinski definition) is 7. The van der Waals surface area contributed by atoms with Crippen LogP contribution in [0.1, 0.15) is 21.7 Å². The minimum atomic E-state index is -0.507. The van der Waals surface area contributed by atoms with Crippen molar-refractivity contribution in [2.24, 2.45) is 0 Å². The Morgan fingerprint density at radius 3 is 2.54 bits per heavy atom. The Labute approximate surface area is 203 Å². The van der Waals surface area contributed by atoms with Crippen LogP contribution in [-0.2, 0) is 10.5 Å². The molecule has 0 aliphatic rings. The molecule has 2 heterocycles. The van der Waals surface area contributed by atoms with Crippen LogP contribution in [0.15, 0.2) is 81.5 Å². The number of aromatic nitrogens is 4. The number of para-hydroxylation sites is 2. The Morgan fingerprint density at radius 1 is 0.971 bits per heavy atom. The number of aromatic amines is 1. The molecule has 5 aromatic rings. The molecule has 174 valence electrons. The smallest absolute Gasteiger partial charge is 0.337 e. The van der Waals surface area contributed by atoms with Crippen LogP contribution in [-0.4, -0.2) is 32.6 Å². The number of benzene rings is 3. The molecule has 3 aromatic carbocycles. The van der Waals surface area contributed by atoms with E-state index in [0.717, 1.165) is 11.3 Å². The number of carbonyl (C=O) groups excluding carboxylic acids is 1. The lowest BCUT2D eigenvalue weighted by Gasteiger charge is -2.15. The van der Waals surface area contributed by atoms with Gasteiger partial charge in [0.25, 0.3) is 11.1 Å². The Morgan fingerprint density at radius 2 is 1.74 bits per heavy atom. The maximum absolute atomic E-state index is 13.5. The second kappa shape index (κ2) is 9.19. The van der Waals surface area contributed by atoms with Crippen molar-refractivity contribution in [3.05, 3.63) is 104 Å². The van der Waals surface area contributed by atoms with Gasteiger partial charge in [-0.05, 0) is 48.9 Å². The molecule has 0 saturated carbocycles. The van der Waals surface area contributed by atoms with Crippen LogP contribution < -0.4 is 11.1 Å². The topological polar surface area (TPSA) is 107 Å². The highest BCUT2D eigenvalue weighted by molar-refractivity contribution is 7.98. The van der Waals surface area contributed by atoms with Gasteiger partial charge in [-0.25, -0.2) is 14.8 Å². The molecule has 35 heavy (non-hydrogen) atoms. The highest BCUT2D eigenvalue weighted by atomic mass is 32.2. The fourth-order valence-electron chi connectivity index (χ4n) is 3.87. The molecule has 0 radical (unpaired) electrons. The molecule has 9 heteroatoms. The minimum absolute atomic E-state index is 0.171. The van der Waals surface area contributed by atoms with E-state index in [-0.39, 0.29) is 16.9 Å². The minimum Gasteiger partial charge on any atom is -0.465 e. The van der Waals surface area contributed by atoms with E-state index in [1.807, 2.05) is 43.3 Å². The van der Waals surface area contributed by atoms with Gasteiger partial charge in [-0.15, -0.1) is 0 Å². The average molecular weight is 485 g/mol. The van der Waals surface area contributed by atoms with Gasteiger partial charge in [0.15, 0.2) is 5.16 Å². The van der Waals surface area contributed by atoms with Gasteiger partial charge in [0.2, 0.25) is 0 Å². The number of hydrogen-bond donors (Lipinski definition) is 1. The summed E-state index contributed by atoms with van der Waals surface area (Å²) in [6.07, 6.45) is 0. The summed E-state index contributed by atoms with van der Waals surface area (Å²) >= 11 is 1.29. The van der Waals surface area contributed by atoms with Gasteiger partial charge >= 0.3 is 5.97 Å². The fourth-order valence-corrected chi connectivity index (χ4v) is 4.75. The van der Waals surface area contributed by atoms with Crippen LogP contribution in [0.4, 0.5) is 0 Å². The Hall–Kier alpha value is -4.24. The van der Waals surface area contributed by atoms with Crippen molar-refractivity contribution >= 4 is 39.5 Å². The van der Waals surface area contributed by atoms with Crippen LogP contribution in [0.3, 0.4) is 0 Å². The quantitative estimate of drug-likeness (QED) is 0.228. The summed E-state index contributed by atoms with van der Waals surface area (Å²) in [7, 11) is 1.30. The van der Waals surface area contributed by atoms with E-state index in [0.29, 0.717) is 38.4 Å². The SMILES string of the molecule is COC(=O)c1ccc2c(=O)[nH]c(CSc3nc4ccccc4c(=O)n3-c3ccccc3C)nc2c1. The van der Waals surface area contributed by atoms with E-state index in [4.69, 9.17) is 9.72 Å². The largest absolute Gasteiger partial charge is 0.465 e. The molecule has 2 aromatic heterocycles. The number of nitrogens with one attached hydrogen (secondary N) is 1. The van der Waals surface area contributed by atoms with Gasteiger partial charge in [0.1, 0.15) is 5.82 Å². The van der Waals surface area contributed by atoms with Crippen LogP contribution in [0.5, 0.6) is 0 Å². The lowest BCUT2D eigenvalue weighted by Crippen LogP contribution is -2.22. The van der Waals surface area contributed by atoms with Crippen molar-refractivity contribution in [1.82, 2.24) is 19.5 Å².